The first kappa shape index (κ1) is 36.5. The van der Waals surface area contributed by atoms with Crippen molar-refractivity contribution in [1.82, 2.24) is 0 Å². The van der Waals surface area contributed by atoms with Crippen LogP contribution in [0.25, 0.3) is 0 Å². The number of carbonyl (C=O) groups excluding carboxylic acids is 2. The van der Waals surface area contributed by atoms with Gasteiger partial charge in [0.05, 0.1) is 0 Å². The first-order valence-corrected chi connectivity index (χ1v) is 16.0. The van der Waals surface area contributed by atoms with Gasteiger partial charge in [-0.15, -0.1) is 0 Å². The summed E-state index contributed by atoms with van der Waals surface area (Å²) in [5, 5.41) is 0. The Morgan fingerprint density at radius 1 is 0.314 bits per heavy atom. The Morgan fingerprint density at radius 2 is 0.486 bits per heavy atom. The molecule has 0 unspecified atom stereocenters. The Bertz CT molecular complexity index is 415. The van der Waals surface area contributed by atoms with Crippen LogP contribution in [0.1, 0.15) is 201 Å². The molecule has 0 aromatic rings. The summed E-state index contributed by atoms with van der Waals surface area (Å²) in [6.07, 6.45) is 35.7. The normalized spacial score (nSPS) is 10.7. The number of hydrogen-bond acceptors (Lipinski definition) is 2. The highest BCUT2D eigenvalue weighted by Crippen LogP contribution is 2.14. The third-order valence-corrected chi connectivity index (χ3v) is 7.01. The van der Waals surface area contributed by atoms with E-state index < -0.39 is 0 Å². The summed E-state index contributed by atoms with van der Waals surface area (Å²) in [4.78, 5) is 21.5. The van der Waals surface area contributed by atoms with Crippen LogP contribution >= 0.6 is 0 Å². The molecule has 35 heavy (non-hydrogen) atoms. The van der Waals surface area contributed by atoms with E-state index in [1.54, 1.807) is 13.8 Å². The number of unbranched alkanes of at least 4 members (excludes halogenated alkanes) is 23. The average Bonchev–Trinajstić information content (AvgIpc) is 2.83. The van der Waals surface area contributed by atoms with Crippen LogP contribution in [0.4, 0.5) is 0 Å². The average molecular weight is 495 g/mol. The predicted molar refractivity (Wildman–Crippen MR) is 157 cm³/mol. The molecule has 0 atom stereocenters. The highest BCUT2D eigenvalue weighted by molar-refractivity contribution is 5.75. The smallest absolute Gasteiger partial charge is 0.129 e. The first-order valence-electron chi connectivity index (χ1n) is 16.0. The maximum Gasteiger partial charge on any atom is 0.129 e. The summed E-state index contributed by atoms with van der Waals surface area (Å²) in [5.41, 5.74) is 0. The molecule has 0 saturated carbocycles. The van der Waals surface area contributed by atoms with Crippen molar-refractivity contribution in [3.8, 4) is 0 Å². The number of ketones is 2. The van der Waals surface area contributed by atoms with Crippen LogP contribution in [0.2, 0.25) is 0 Å². The van der Waals surface area contributed by atoms with E-state index in [4.69, 9.17) is 0 Å². The molecule has 0 rings (SSSR count). The molecule has 0 fully saturated rings. The van der Waals surface area contributed by atoms with Gasteiger partial charge in [0.15, 0.2) is 0 Å². The molecular formula is C33H66O2. The van der Waals surface area contributed by atoms with Crippen LogP contribution in [0.5, 0.6) is 0 Å². The highest BCUT2D eigenvalue weighted by atomic mass is 16.1. The van der Waals surface area contributed by atoms with Gasteiger partial charge in [-0.1, -0.05) is 162 Å². The lowest BCUT2D eigenvalue weighted by Gasteiger charge is -2.02. The second kappa shape index (κ2) is 33.3. The maximum absolute atomic E-state index is 10.8. The fraction of sp³-hybridized carbons (Fsp3) is 0.939. The zero-order valence-electron chi connectivity index (χ0n) is 24.9. The summed E-state index contributed by atoms with van der Waals surface area (Å²) < 4.78 is 0. The number of rotatable bonds is 27. The quantitative estimate of drug-likeness (QED) is 0.106. The van der Waals surface area contributed by atoms with Gasteiger partial charge >= 0.3 is 0 Å². The third-order valence-electron chi connectivity index (χ3n) is 7.01. The summed E-state index contributed by atoms with van der Waals surface area (Å²) in [7, 11) is 0. The van der Waals surface area contributed by atoms with Gasteiger partial charge < -0.3 is 9.59 Å². The van der Waals surface area contributed by atoms with Crippen LogP contribution in [0, 0.1) is 0 Å². The van der Waals surface area contributed by atoms with E-state index in [1.807, 2.05) is 0 Å². The Hall–Kier alpha value is -0.660. The molecule has 0 bridgehead atoms. The van der Waals surface area contributed by atoms with Gasteiger partial charge in [0.2, 0.25) is 0 Å². The van der Waals surface area contributed by atoms with Crippen molar-refractivity contribution >= 4 is 11.6 Å². The molecule has 0 aromatic heterocycles. The predicted octanol–water partition coefficient (Wildman–Crippen LogP) is 11.7. The Kier molecular flexibility index (Phi) is 34.8. The molecule has 2 heteroatoms. The molecule has 0 aromatic carbocycles. The van der Waals surface area contributed by atoms with Crippen LogP contribution in [0.3, 0.4) is 0 Å². The van der Waals surface area contributed by atoms with Gasteiger partial charge in [0.25, 0.3) is 0 Å². The molecule has 2 nitrogen and oxygen atoms in total. The summed E-state index contributed by atoms with van der Waals surface area (Å²) in [6, 6.07) is 0. The lowest BCUT2D eigenvalue weighted by molar-refractivity contribution is -0.117. The minimum atomic E-state index is 0.343. The van der Waals surface area contributed by atoms with Crippen molar-refractivity contribution in [2.24, 2.45) is 0 Å². The molecule has 0 aliphatic heterocycles. The van der Waals surface area contributed by atoms with Crippen molar-refractivity contribution < 1.29 is 9.59 Å². The lowest BCUT2D eigenvalue weighted by Crippen LogP contribution is -1.89. The molecule has 0 spiro atoms. The van der Waals surface area contributed by atoms with E-state index in [2.05, 4.69) is 13.8 Å². The van der Waals surface area contributed by atoms with E-state index in [0.717, 1.165) is 25.7 Å². The molecule has 210 valence electrons. The molecule has 0 radical (unpaired) electrons. The number of Topliss-reactive ketones (excluding diaryl/α,β-unsaturated/α-hetero) is 2. The molecule has 0 heterocycles. The van der Waals surface area contributed by atoms with Crippen molar-refractivity contribution in [3.63, 3.8) is 0 Å². The molecule has 0 aliphatic carbocycles. The van der Waals surface area contributed by atoms with Gasteiger partial charge in [0, 0.05) is 12.8 Å². The van der Waals surface area contributed by atoms with E-state index in [-0.39, 0.29) is 0 Å². The zero-order chi connectivity index (χ0) is 26.2. The van der Waals surface area contributed by atoms with Crippen LogP contribution < -0.4 is 0 Å². The third kappa shape index (κ3) is 40.8. The zero-order valence-corrected chi connectivity index (χ0v) is 24.9. The summed E-state index contributed by atoms with van der Waals surface area (Å²) >= 11 is 0. The molecular weight excluding hydrogens is 428 g/mol. The van der Waals surface area contributed by atoms with Crippen LogP contribution in [-0.2, 0) is 9.59 Å². The van der Waals surface area contributed by atoms with Gasteiger partial charge in [0.1, 0.15) is 11.6 Å². The van der Waals surface area contributed by atoms with Gasteiger partial charge in [-0.05, 0) is 26.7 Å². The van der Waals surface area contributed by atoms with Gasteiger partial charge in [-0.25, -0.2) is 0 Å². The SMILES string of the molecule is CCCCCCCCCCCCCC(C)=O.CCCCCCCCCCCCCCCCC(C)=O. The Balaban J connectivity index is 0. The van der Waals surface area contributed by atoms with Crippen molar-refractivity contribution in [2.45, 2.75) is 201 Å². The van der Waals surface area contributed by atoms with E-state index in [9.17, 15) is 9.59 Å². The van der Waals surface area contributed by atoms with Crippen molar-refractivity contribution in [2.75, 3.05) is 0 Å². The maximum atomic E-state index is 10.8. The monoisotopic (exact) mass is 495 g/mol. The van der Waals surface area contributed by atoms with Crippen LogP contribution in [0.15, 0.2) is 0 Å². The Labute approximate surface area is 222 Å². The minimum absolute atomic E-state index is 0.343. The van der Waals surface area contributed by atoms with Crippen molar-refractivity contribution in [3.05, 3.63) is 0 Å². The highest BCUT2D eigenvalue weighted by Gasteiger charge is 1.96. The van der Waals surface area contributed by atoms with Gasteiger partial charge in [-0.3, -0.25) is 0 Å². The second-order valence-electron chi connectivity index (χ2n) is 11.0. The largest absolute Gasteiger partial charge is 0.300 e. The molecule has 0 saturated heterocycles. The lowest BCUT2D eigenvalue weighted by atomic mass is 10.0. The van der Waals surface area contributed by atoms with Crippen molar-refractivity contribution in [1.29, 1.82) is 0 Å². The second-order valence-corrected chi connectivity index (χ2v) is 11.0. The molecule has 0 amide bonds. The topological polar surface area (TPSA) is 34.1 Å². The Morgan fingerprint density at radius 3 is 0.657 bits per heavy atom. The van der Waals surface area contributed by atoms with Crippen LogP contribution in [-0.4, -0.2) is 11.6 Å². The fourth-order valence-electron chi connectivity index (χ4n) is 4.61. The molecule has 0 aliphatic rings. The van der Waals surface area contributed by atoms with E-state index in [1.165, 1.54) is 148 Å². The number of carbonyl (C=O) groups is 2. The standard InChI is InChI=1S/C18H36O.C15H30O/c1-3-4-5-6-7-8-9-10-11-12-13-14-15-16-17-18(2)19;1-3-4-5-6-7-8-9-10-11-12-13-14-15(2)16/h3-17H2,1-2H3;3-14H2,1-2H3. The molecule has 0 N–H and O–H groups in total. The summed E-state index contributed by atoms with van der Waals surface area (Å²) in [6.45, 7) is 7.93. The summed E-state index contributed by atoms with van der Waals surface area (Å²) in [5.74, 6) is 0.690. The van der Waals surface area contributed by atoms with E-state index >= 15 is 0 Å². The van der Waals surface area contributed by atoms with E-state index in [0.29, 0.717) is 11.6 Å². The van der Waals surface area contributed by atoms with Gasteiger partial charge in [-0.2, -0.15) is 0 Å². The first-order chi connectivity index (χ1) is 17.0. The minimum Gasteiger partial charge on any atom is -0.300 e. The fourth-order valence-corrected chi connectivity index (χ4v) is 4.61. The number of hydrogen-bond donors (Lipinski definition) is 0.